The highest BCUT2D eigenvalue weighted by Crippen LogP contribution is 2.45. The highest BCUT2D eigenvalue weighted by Gasteiger charge is 2.48. The molecule has 0 spiro atoms. The monoisotopic (exact) mass is 657 g/mol. The fraction of sp³-hybridized carbons (Fsp3) is 0.118. The number of hydrogen-bond donors (Lipinski definition) is 1. The number of amides is 1. The number of benzene rings is 4. The molecule has 1 fully saturated rings. The number of Topliss-reactive ketones (excluding diaryl/α,β-unsaturated/α-hetero) is 1. The average Bonchev–Trinajstić information content (AvgIpc) is 3.65. The van der Waals surface area contributed by atoms with Gasteiger partial charge in [0.05, 0.1) is 18.7 Å². The molecule has 1 aliphatic rings. The summed E-state index contributed by atoms with van der Waals surface area (Å²) in [7, 11) is 1.47. The fourth-order valence-corrected chi connectivity index (χ4v) is 6.78. The number of methoxy groups -OCH3 is 1. The molecule has 0 bridgehead atoms. The van der Waals surface area contributed by atoms with Crippen LogP contribution in [0.25, 0.3) is 5.76 Å². The second-order valence-corrected chi connectivity index (χ2v) is 12.3. The quantitative estimate of drug-likeness (QED) is 0.0548. The predicted molar refractivity (Wildman–Crippen MR) is 171 cm³/mol. The van der Waals surface area contributed by atoms with Crippen LogP contribution in [0.15, 0.2) is 107 Å². The van der Waals surface area contributed by atoms with Crippen LogP contribution in [0.2, 0.25) is 0 Å². The van der Waals surface area contributed by atoms with Crippen molar-refractivity contribution >= 4 is 45.7 Å². The first kappa shape index (κ1) is 30.9. The van der Waals surface area contributed by atoms with Gasteiger partial charge in [-0.3, -0.25) is 14.5 Å². The van der Waals surface area contributed by atoms with Crippen molar-refractivity contribution in [3.63, 3.8) is 0 Å². The van der Waals surface area contributed by atoms with Crippen LogP contribution in [0, 0.1) is 11.6 Å². The lowest BCUT2D eigenvalue weighted by Crippen LogP contribution is -2.29. The van der Waals surface area contributed by atoms with E-state index in [9.17, 15) is 23.5 Å². The van der Waals surface area contributed by atoms with E-state index in [4.69, 9.17) is 9.47 Å². The summed E-state index contributed by atoms with van der Waals surface area (Å²) < 4.78 is 39.9. The summed E-state index contributed by atoms with van der Waals surface area (Å²) in [5, 5.41) is 19.8. The molecule has 12 heteroatoms. The number of ketones is 1. The summed E-state index contributed by atoms with van der Waals surface area (Å²) in [6.45, 7) is 0.275. The van der Waals surface area contributed by atoms with Crippen molar-refractivity contribution in [2.75, 3.05) is 12.0 Å². The second-order valence-electron chi connectivity index (χ2n) is 10.1. The molecule has 1 atom stereocenters. The minimum Gasteiger partial charge on any atom is -0.507 e. The molecule has 0 radical (unpaired) electrons. The van der Waals surface area contributed by atoms with Crippen molar-refractivity contribution in [2.24, 2.45) is 0 Å². The number of hydrogen-bond acceptors (Lipinski definition) is 9. The molecule has 1 N–H and O–H groups in total. The zero-order valence-corrected chi connectivity index (χ0v) is 25.9. The van der Waals surface area contributed by atoms with Gasteiger partial charge in [0.25, 0.3) is 5.78 Å². The highest BCUT2D eigenvalue weighted by molar-refractivity contribution is 8.00. The van der Waals surface area contributed by atoms with Gasteiger partial charge < -0.3 is 14.6 Å². The maximum absolute atomic E-state index is 14.2. The minimum absolute atomic E-state index is 0.102. The molecule has 1 amide bonds. The summed E-state index contributed by atoms with van der Waals surface area (Å²) >= 11 is 2.28. The lowest BCUT2D eigenvalue weighted by atomic mass is 9.95. The van der Waals surface area contributed by atoms with Crippen LogP contribution >= 0.6 is 23.1 Å². The van der Waals surface area contributed by atoms with Gasteiger partial charge in [0.15, 0.2) is 15.8 Å². The molecule has 6 rings (SSSR count). The first-order chi connectivity index (χ1) is 22.3. The molecule has 1 unspecified atom stereocenters. The molecule has 8 nitrogen and oxygen atoms in total. The van der Waals surface area contributed by atoms with Crippen LogP contribution in [0.3, 0.4) is 0 Å². The van der Waals surface area contributed by atoms with Gasteiger partial charge in [-0.15, -0.1) is 10.2 Å². The SMILES string of the molecule is COc1cc(C2/C(=C(/O)c3ccc(F)cc3)C(=O)C(=O)N2c2nnc(SCc3ccccc3F)s2)ccc1OCc1ccccc1. The van der Waals surface area contributed by atoms with Crippen LogP contribution in [-0.2, 0) is 21.9 Å². The Balaban J connectivity index is 1.38. The predicted octanol–water partition coefficient (Wildman–Crippen LogP) is 7.32. The summed E-state index contributed by atoms with van der Waals surface area (Å²) in [6, 6.07) is 24.7. The maximum Gasteiger partial charge on any atom is 0.301 e. The molecular weight excluding hydrogens is 633 g/mol. The molecule has 0 aliphatic carbocycles. The Labute approximate surface area is 270 Å². The van der Waals surface area contributed by atoms with E-state index < -0.39 is 29.3 Å². The molecule has 1 aromatic heterocycles. The van der Waals surface area contributed by atoms with Gasteiger partial charge >= 0.3 is 5.91 Å². The van der Waals surface area contributed by atoms with Crippen LogP contribution < -0.4 is 14.4 Å². The third kappa shape index (κ3) is 6.35. The van der Waals surface area contributed by atoms with E-state index in [1.807, 2.05) is 30.3 Å². The van der Waals surface area contributed by atoms with E-state index in [2.05, 4.69) is 10.2 Å². The maximum atomic E-state index is 14.2. The molecule has 1 aliphatic heterocycles. The lowest BCUT2D eigenvalue weighted by molar-refractivity contribution is -0.132. The number of carbonyl (C=O) groups is 2. The normalized spacial score (nSPS) is 15.7. The highest BCUT2D eigenvalue weighted by atomic mass is 32.2. The van der Waals surface area contributed by atoms with Gasteiger partial charge in [-0.1, -0.05) is 77.7 Å². The first-order valence-electron chi connectivity index (χ1n) is 14.0. The van der Waals surface area contributed by atoms with Crippen molar-refractivity contribution in [3.8, 4) is 11.5 Å². The molecule has 4 aromatic carbocycles. The van der Waals surface area contributed by atoms with Crippen LogP contribution in [0.1, 0.15) is 28.3 Å². The second kappa shape index (κ2) is 13.5. The number of rotatable bonds is 10. The van der Waals surface area contributed by atoms with E-state index in [0.717, 1.165) is 29.0 Å². The van der Waals surface area contributed by atoms with E-state index in [1.54, 1.807) is 36.4 Å². The lowest BCUT2D eigenvalue weighted by Gasteiger charge is -2.23. The van der Waals surface area contributed by atoms with Gasteiger partial charge in [-0.05, 0) is 59.2 Å². The van der Waals surface area contributed by atoms with Crippen LogP contribution in [-0.4, -0.2) is 34.1 Å². The van der Waals surface area contributed by atoms with Crippen molar-refractivity contribution in [2.45, 2.75) is 22.7 Å². The number of thioether (sulfide) groups is 1. The minimum atomic E-state index is -1.14. The largest absolute Gasteiger partial charge is 0.507 e. The van der Waals surface area contributed by atoms with Gasteiger partial charge in [0, 0.05) is 11.3 Å². The van der Waals surface area contributed by atoms with E-state index in [-0.39, 0.29) is 34.4 Å². The number of ether oxygens (including phenoxy) is 2. The van der Waals surface area contributed by atoms with E-state index in [1.165, 1.54) is 42.0 Å². The molecule has 2 heterocycles. The molecule has 232 valence electrons. The zero-order chi connectivity index (χ0) is 32.2. The van der Waals surface area contributed by atoms with Crippen molar-refractivity contribution in [1.29, 1.82) is 0 Å². The van der Waals surface area contributed by atoms with E-state index >= 15 is 0 Å². The van der Waals surface area contributed by atoms with Crippen molar-refractivity contribution in [3.05, 3.63) is 137 Å². The van der Waals surface area contributed by atoms with Gasteiger partial charge in [0.1, 0.15) is 24.0 Å². The van der Waals surface area contributed by atoms with Crippen LogP contribution in [0.4, 0.5) is 13.9 Å². The standard InChI is InChI=1S/C34H25F2N3O5S2/c1-43-27-17-22(13-16-26(27)44-18-20-7-3-2-4-8-20)29-28(30(40)21-11-14-24(35)15-12-21)31(41)32(42)39(29)33-37-38-34(46-33)45-19-23-9-5-6-10-25(23)36/h2-17,29,40H,18-19H2,1H3/b30-28-. The summed E-state index contributed by atoms with van der Waals surface area (Å²) in [5.74, 6) is -2.21. The Hall–Kier alpha value is -5.07. The average molecular weight is 658 g/mol. The molecule has 5 aromatic rings. The number of aliphatic hydroxyl groups excluding tert-OH is 1. The number of carbonyl (C=O) groups excluding carboxylic acids is 2. The Morgan fingerprint density at radius 1 is 0.935 bits per heavy atom. The zero-order valence-electron chi connectivity index (χ0n) is 24.2. The topological polar surface area (TPSA) is 102 Å². The molecule has 1 saturated heterocycles. The van der Waals surface area contributed by atoms with Gasteiger partial charge in [-0.25, -0.2) is 8.78 Å². The smallest absolute Gasteiger partial charge is 0.301 e. The van der Waals surface area contributed by atoms with Crippen molar-refractivity contribution < 1.29 is 33.0 Å². The number of aromatic nitrogens is 2. The Kier molecular flexibility index (Phi) is 9.08. The third-order valence-electron chi connectivity index (χ3n) is 7.21. The van der Waals surface area contributed by atoms with E-state index in [0.29, 0.717) is 27.0 Å². The number of halogens is 2. The van der Waals surface area contributed by atoms with Gasteiger partial charge in [0.2, 0.25) is 5.13 Å². The Morgan fingerprint density at radius 2 is 1.67 bits per heavy atom. The first-order valence-corrected chi connectivity index (χ1v) is 15.8. The fourth-order valence-electron chi connectivity index (χ4n) is 4.93. The van der Waals surface area contributed by atoms with Crippen LogP contribution in [0.5, 0.6) is 11.5 Å². The Bertz CT molecular complexity index is 1930. The molecule has 0 saturated carbocycles. The molecular formula is C34H25F2N3O5S2. The summed E-state index contributed by atoms with van der Waals surface area (Å²) in [6.07, 6.45) is 0. The molecule has 46 heavy (non-hydrogen) atoms. The Morgan fingerprint density at radius 3 is 2.41 bits per heavy atom. The third-order valence-corrected chi connectivity index (χ3v) is 9.32. The summed E-state index contributed by atoms with van der Waals surface area (Å²) in [5.41, 5.74) is 1.78. The number of anilines is 1. The van der Waals surface area contributed by atoms with Gasteiger partial charge in [-0.2, -0.15) is 0 Å². The number of aliphatic hydroxyl groups is 1. The number of nitrogens with zero attached hydrogens (tertiary/aromatic N) is 3. The summed E-state index contributed by atoms with van der Waals surface area (Å²) in [4.78, 5) is 28.3. The van der Waals surface area contributed by atoms with Crippen molar-refractivity contribution in [1.82, 2.24) is 10.2 Å².